The minimum Gasteiger partial charge on any atom is -0.260 e. The first kappa shape index (κ1) is 11.6. The third-order valence-corrected chi connectivity index (χ3v) is 2.30. The summed E-state index contributed by atoms with van der Waals surface area (Å²) in [4.78, 5) is 3.98. The number of nitrogens with zero attached hydrogens (tertiary/aromatic N) is 3. The van der Waals surface area contributed by atoms with Crippen LogP contribution in [-0.2, 0) is 12.7 Å². The van der Waals surface area contributed by atoms with Crippen LogP contribution in [0, 0.1) is 0 Å². The molecule has 0 aliphatic rings. The Balaban J connectivity index is 2.49. The largest absolute Gasteiger partial charge is 0.433 e. The van der Waals surface area contributed by atoms with Crippen LogP contribution in [0.4, 0.5) is 13.2 Å². The Morgan fingerprint density at radius 2 is 2.00 bits per heavy atom. The van der Waals surface area contributed by atoms with E-state index in [0.717, 1.165) is 10.7 Å². The van der Waals surface area contributed by atoms with Crippen LogP contribution in [-0.4, -0.2) is 14.8 Å². The Labute approximate surface area is 95.9 Å². The molecule has 0 atom stereocenters. The van der Waals surface area contributed by atoms with Crippen LogP contribution >= 0.6 is 0 Å². The van der Waals surface area contributed by atoms with Gasteiger partial charge >= 0.3 is 6.18 Å². The second-order valence-corrected chi connectivity index (χ2v) is 3.44. The van der Waals surface area contributed by atoms with Crippen molar-refractivity contribution < 1.29 is 13.2 Å². The molecule has 0 saturated heterocycles. The quantitative estimate of drug-likeness (QED) is 0.809. The molecule has 0 N–H and O–H groups in total. The number of halogens is 3. The van der Waals surface area contributed by atoms with Crippen LogP contribution in [0.1, 0.15) is 12.6 Å². The molecule has 0 aliphatic carbocycles. The van der Waals surface area contributed by atoms with Crippen molar-refractivity contribution >= 4 is 0 Å². The molecule has 2 aromatic heterocycles. The van der Waals surface area contributed by atoms with E-state index in [1.165, 1.54) is 6.20 Å². The van der Waals surface area contributed by atoms with Gasteiger partial charge in [0.05, 0.1) is 5.69 Å². The van der Waals surface area contributed by atoms with Gasteiger partial charge in [-0.25, -0.2) is 0 Å². The predicted molar refractivity (Wildman–Crippen MR) is 56.1 cm³/mol. The number of pyridine rings is 1. The first-order valence-corrected chi connectivity index (χ1v) is 5.09. The smallest absolute Gasteiger partial charge is 0.260 e. The van der Waals surface area contributed by atoms with E-state index in [2.05, 4.69) is 10.1 Å². The van der Waals surface area contributed by atoms with Crippen molar-refractivity contribution in [3.05, 3.63) is 36.2 Å². The number of hydrogen-bond acceptors (Lipinski definition) is 2. The Bertz CT molecular complexity index is 502. The molecule has 0 aliphatic heterocycles. The van der Waals surface area contributed by atoms with E-state index >= 15 is 0 Å². The Morgan fingerprint density at radius 3 is 2.47 bits per heavy atom. The fourth-order valence-electron chi connectivity index (χ4n) is 1.53. The summed E-state index contributed by atoms with van der Waals surface area (Å²) in [7, 11) is 0. The Morgan fingerprint density at radius 1 is 1.24 bits per heavy atom. The van der Waals surface area contributed by atoms with E-state index in [-0.39, 0.29) is 12.2 Å². The maximum Gasteiger partial charge on any atom is 0.433 e. The topological polar surface area (TPSA) is 30.7 Å². The highest BCUT2D eigenvalue weighted by molar-refractivity contribution is 5.54. The maximum atomic E-state index is 12.7. The van der Waals surface area contributed by atoms with Gasteiger partial charge in [0.1, 0.15) is 11.4 Å². The zero-order chi connectivity index (χ0) is 12.5. The SMILES string of the molecule is CCn1nc(-c2ccccn2)cc1C(F)(F)F. The highest BCUT2D eigenvalue weighted by Gasteiger charge is 2.35. The Kier molecular flexibility index (Phi) is 2.87. The van der Waals surface area contributed by atoms with Crippen molar-refractivity contribution in [1.29, 1.82) is 0 Å². The summed E-state index contributed by atoms with van der Waals surface area (Å²) in [5.41, 5.74) is -0.0781. The van der Waals surface area contributed by atoms with Crippen molar-refractivity contribution in [2.45, 2.75) is 19.6 Å². The monoisotopic (exact) mass is 241 g/mol. The molecule has 0 amide bonds. The van der Waals surface area contributed by atoms with Gasteiger partial charge in [-0.2, -0.15) is 18.3 Å². The molecule has 0 aromatic carbocycles. The molecule has 2 rings (SSSR count). The molecule has 3 nitrogen and oxygen atoms in total. The summed E-state index contributed by atoms with van der Waals surface area (Å²) in [6.07, 6.45) is -2.87. The third-order valence-electron chi connectivity index (χ3n) is 2.30. The zero-order valence-corrected chi connectivity index (χ0v) is 9.07. The molecule has 17 heavy (non-hydrogen) atoms. The molecule has 0 spiro atoms. The van der Waals surface area contributed by atoms with E-state index in [9.17, 15) is 13.2 Å². The van der Waals surface area contributed by atoms with Crippen molar-refractivity contribution in [1.82, 2.24) is 14.8 Å². The summed E-state index contributed by atoms with van der Waals surface area (Å²) < 4.78 is 39.0. The number of aryl methyl sites for hydroxylation is 1. The fraction of sp³-hybridized carbons (Fsp3) is 0.273. The molecule has 0 radical (unpaired) electrons. The van der Waals surface area contributed by atoms with Crippen LogP contribution in [0.5, 0.6) is 0 Å². The van der Waals surface area contributed by atoms with E-state index in [1.54, 1.807) is 25.1 Å². The van der Waals surface area contributed by atoms with Gasteiger partial charge in [0.25, 0.3) is 0 Å². The molecule has 0 saturated carbocycles. The predicted octanol–water partition coefficient (Wildman–Crippen LogP) is 2.98. The minimum absolute atomic E-state index is 0.168. The summed E-state index contributed by atoms with van der Waals surface area (Å²) in [5, 5.41) is 3.90. The van der Waals surface area contributed by atoms with Gasteiger partial charge in [-0.1, -0.05) is 6.07 Å². The van der Waals surface area contributed by atoms with Gasteiger partial charge in [0, 0.05) is 12.7 Å². The Hall–Kier alpha value is -1.85. The summed E-state index contributed by atoms with van der Waals surface area (Å²) >= 11 is 0. The molecular weight excluding hydrogens is 231 g/mol. The zero-order valence-electron chi connectivity index (χ0n) is 9.07. The highest BCUT2D eigenvalue weighted by Crippen LogP contribution is 2.31. The van der Waals surface area contributed by atoms with Crippen LogP contribution < -0.4 is 0 Å². The molecular formula is C11H10F3N3. The van der Waals surface area contributed by atoms with Gasteiger partial charge in [0.15, 0.2) is 0 Å². The van der Waals surface area contributed by atoms with Gasteiger partial charge in [-0.15, -0.1) is 0 Å². The van der Waals surface area contributed by atoms with Crippen LogP contribution in [0.15, 0.2) is 30.5 Å². The van der Waals surface area contributed by atoms with E-state index < -0.39 is 11.9 Å². The molecule has 0 bridgehead atoms. The highest BCUT2D eigenvalue weighted by atomic mass is 19.4. The molecule has 90 valence electrons. The van der Waals surface area contributed by atoms with E-state index in [1.807, 2.05) is 0 Å². The molecule has 0 unspecified atom stereocenters. The van der Waals surface area contributed by atoms with Crippen molar-refractivity contribution in [2.75, 3.05) is 0 Å². The lowest BCUT2D eigenvalue weighted by Crippen LogP contribution is -2.13. The molecule has 6 heteroatoms. The standard InChI is InChI=1S/C11H10F3N3/c1-2-17-10(11(12,13)14)7-9(16-17)8-5-3-4-6-15-8/h3-7H,2H2,1H3. The van der Waals surface area contributed by atoms with Crippen molar-refractivity contribution in [3.63, 3.8) is 0 Å². The lowest BCUT2D eigenvalue weighted by molar-refractivity contribution is -0.144. The molecule has 0 fully saturated rings. The van der Waals surface area contributed by atoms with Crippen LogP contribution in [0.3, 0.4) is 0 Å². The fourth-order valence-corrected chi connectivity index (χ4v) is 1.53. The first-order chi connectivity index (χ1) is 8.02. The summed E-state index contributed by atoms with van der Waals surface area (Å²) in [6.45, 7) is 1.78. The number of rotatable bonds is 2. The maximum absolute atomic E-state index is 12.7. The van der Waals surface area contributed by atoms with Crippen LogP contribution in [0.25, 0.3) is 11.4 Å². The number of alkyl halides is 3. The average molecular weight is 241 g/mol. The lowest BCUT2D eigenvalue weighted by atomic mass is 10.2. The first-order valence-electron chi connectivity index (χ1n) is 5.09. The average Bonchev–Trinajstić information content (AvgIpc) is 2.74. The van der Waals surface area contributed by atoms with E-state index in [4.69, 9.17) is 0 Å². The van der Waals surface area contributed by atoms with Crippen molar-refractivity contribution in [2.24, 2.45) is 0 Å². The van der Waals surface area contributed by atoms with Gasteiger partial charge in [-0.3, -0.25) is 9.67 Å². The van der Waals surface area contributed by atoms with E-state index in [0.29, 0.717) is 5.69 Å². The van der Waals surface area contributed by atoms with Gasteiger partial charge in [-0.05, 0) is 25.1 Å². The lowest BCUT2D eigenvalue weighted by Gasteiger charge is -2.06. The third kappa shape index (κ3) is 2.30. The number of aromatic nitrogens is 3. The number of hydrogen-bond donors (Lipinski definition) is 0. The van der Waals surface area contributed by atoms with Gasteiger partial charge in [0.2, 0.25) is 0 Å². The minimum atomic E-state index is -4.39. The molecule has 2 heterocycles. The van der Waals surface area contributed by atoms with Gasteiger partial charge < -0.3 is 0 Å². The molecule has 2 aromatic rings. The second kappa shape index (κ2) is 4.20. The summed E-state index contributed by atoms with van der Waals surface area (Å²) in [5.74, 6) is 0. The van der Waals surface area contributed by atoms with Crippen molar-refractivity contribution in [3.8, 4) is 11.4 Å². The normalized spacial score (nSPS) is 11.8. The second-order valence-electron chi connectivity index (χ2n) is 3.44. The van der Waals surface area contributed by atoms with Crippen LogP contribution in [0.2, 0.25) is 0 Å². The summed E-state index contributed by atoms with van der Waals surface area (Å²) in [6, 6.07) is 6.06.